The largest absolute Gasteiger partial charge is 0.453 e. The van der Waals surface area contributed by atoms with E-state index in [1.165, 1.54) is 13.0 Å². The molecule has 1 aliphatic carbocycles. The van der Waals surface area contributed by atoms with Crippen LogP contribution in [-0.4, -0.2) is 55.7 Å². The third-order valence-electron chi connectivity index (χ3n) is 7.74. The second-order valence-electron chi connectivity index (χ2n) is 11.3. The fourth-order valence-electron chi connectivity index (χ4n) is 5.01. The molecular formula is C31H30F3N7O6. The van der Waals surface area contributed by atoms with Crippen LogP contribution in [0.4, 0.5) is 23.7 Å². The van der Waals surface area contributed by atoms with E-state index in [4.69, 9.17) is 4.42 Å². The molecule has 0 radical (unpaired) electrons. The number of carbonyl (C=O) groups excluding carboxylic acids is 3. The van der Waals surface area contributed by atoms with E-state index >= 15 is 0 Å². The number of ketones is 1. The van der Waals surface area contributed by atoms with Crippen molar-refractivity contribution in [1.82, 2.24) is 30.0 Å². The van der Waals surface area contributed by atoms with E-state index in [1.807, 2.05) is 0 Å². The van der Waals surface area contributed by atoms with Gasteiger partial charge in [0.05, 0.1) is 35.5 Å². The molecule has 2 amide bonds. The standard InChI is InChI=1S/C31H30F3N7O6/c1-16(2)22(24(43)26-39-40-28(47-26)30(12-13-30)20-11-10-19(14-35-20)31(32,33)34)37-21(42)15-41-25(18-8-6-5-7-9-18)36-17(3)23(27(41)44)38-29(45)46-4/h5-11,14,16,22H,12-13,15H2,1-4H3,(H,37,42)(H,38,45)/t22-/m1/s1. The molecule has 0 saturated heterocycles. The number of alkyl halides is 3. The Morgan fingerprint density at radius 2 is 1.79 bits per heavy atom. The van der Waals surface area contributed by atoms with Gasteiger partial charge in [-0.3, -0.25) is 29.3 Å². The lowest BCUT2D eigenvalue weighted by Gasteiger charge is -2.21. The molecule has 1 saturated carbocycles. The van der Waals surface area contributed by atoms with Crippen LogP contribution in [0.3, 0.4) is 0 Å². The molecule has 13 nitrogen and oxygen atoms in total. The number of benzene rings is 1. The van der Waals surface area contributed by atoms with Crippen LogP contribution >= 0.6 is 0 Å². The zero-order valence-electron chi connectivity index (χ0n) is 25.7. The zero-order valence-corrected chi connectivity index (χ0v) is 25.7. The number of methoxy groups -OCH3 is 1. The first-order valence-electron chi connectivity index (χ1n) is 14.5. The van der Waals surface area contributed by atoms with Crippen molar-refractivity contribution >= 4 is 23.5 Å². The van der Waals surface area contributed by atoms with E-state index in [9.17, 15) is 32.3 Å². The molecule has 0 spiro atoms. The average Bonchev–Trinajstić information content (AvgIpc) is 3.70. The van der Waals surface area contributed by atoms with Gasteiger partial charge >= 0.3 is 12.3 Å². The van der Waals surface area contributed by atoms with Gasteiger partial charge in [-0.05, 0) is 37.8 Å². The third-order valence-corrected chi connectivity index (χ3v) is 7.74. The van der Waals surface area contributed by atoms with E-state index in [0.29, 0.717) is 24.1 Å². The number of halogens is 3. The summed E-state index contributed by atoms with van der Waals surface area (Å²) in [4.78, 5) is 60.8. The lowest BCUT2D eigenvalue weighted by Crippen LogP contribution is -2.46. The number of nitrogens with one attached hydrogen (secondary N) is 2. The van der Waals surface area contributed by atoms with E-state index in [-0.39, 0.29) is 23.1 Å². The van der Waals surface area contributed by atoms with Crippen molar-refractivity contribution in [3.63, 3.8) is 0 Å². The highest BCUT2D eigenvalue weighted by molar-refractivity contribution is 5.98. The van der Waals surface area contributed by atoms with Gasteiger partial charge < -0.3 is 14.5 Å². The summed E-state index contributed by atoms with van der Waals surface area (Å²) in [7, 11) is 1.13. The van der Waals surface area contributed by atoms with Crippen molar-refractivity contribution in [2.24, 2.45) is 5.92 Å². The minimum absolute atomic E-state index is 0.0253. The van der Waals surface area contributed by atoms with E-state index in [1.54, 1.807) is 44.2 Å². The highest BCUT2D eigenvalue weighted by atomic mass is 19.4. The number of amides is 2. The highest BCUT2D eigenvalue weighted by Gasteiger charge is 2.52. The minimum Gasteiger partial charge on any atom is -0.453 e. The molecule has 3 aromatic heterocycles. The van der Waals surface area contributed by atoms with Gasteiger partial charge in [-0.15, -0.1) is 10.2 Å². The second-order valence-corrected chi connectivity index (χ2v) is 11.3. The summed E-state index contributed by atoms with van der Waals surface area (Å²) in [6.45, 7) is 4.32. The molecule has 2 N–H and O–H groups in total. The molecule has 1 fully saturated rings. The molecule has 0 aliphatic heterocycles. The molecule has 5 rings (SSSR count). The lowest BCUT2D eigenvalue weighted by molar-refractivity contribution is -0.137. The molecule has 4 aromatic rings. The Kier molecular flexibility index (Phi) is 8.96. The normalized spacial score (nSPS) is 14.4. The van der Waals surface area contributed by atoms with Crippen LogP contribution in [0.15, 0.2) is 57.9 Å². The summed E-state index contributed by atoms with van der Waals surface area (Å²) < 4.78 is 50.5. The van der Waals surface area contributed by atoms with Crippen molar-refractivity contribution in [2.45, 2.75) is 57.8 Å². The molecule has 3 heterocycles. The van der Waals surface area contributed by atoms with Gasteiger partial charge in [-0.2, -0.15) is 13.2 Å². The van der Waals surface area contributed by atoms with E-state index in [0.717, 1.165) is 23.9 Å². The van der Waals surface area contributed by atoms with E-state index < -0.39 is 64.9 Å². The number of carbonyl (C=O) groups is 3. The van der Waals surface area contributed by atoms with Crippen LogP contribution in [-0.2, 0) is 27.7 Å². The predicted molar refractivity (Wildman–Crippen MR) is 159 cm³/mol. The molecule has 47 heavy (non-hydrogen) atoms. The fourth-order valence-corrected chi connectivity index (χ4v) is 5.01. The maximum Gasteiger partial charge on any atom is 0.417 e. The van der Waals surface area contributed by atoms with Crippen LogP contribution in [0, 0.1) is 12.8 Å². The van der Waals surface area contributed by atoms with Crippen molar-refractivity contribution in [2.75, 3.05) is 12.4 Å². The summed E-state index contributed by atoms with van der Waals surface area (Å²) in [5, 5.41) is 12.9. The molecule has 16 heteroatoms. The maximum atomic E-state index is 13.5. The number of aryl methyl sites for hydroxylation is 1. The molecule has 1 atom stereocenters. The number of hydrogen-bond acceptors (Lipinski definition) is 10. The lowest BCUT2D eigenvalue weighted by atomic mass is 9.99. The third kappa shape index (κ3) is 6.76. The average molecular weight is 654 g/mol. The predicted octanol–water partition coefficient (Wildman–Crippen LogP) is 4.30. The minimum atomic E-state index is -4.54. The van der Waals surface area contributed by atoms with Crippen molar-refractivity contribution in [3.8, 4) is 11.4 Å². The highest BCUT2D eigenvalue weighted by Crippen LogP contribution is 2.52. The Morgan fingerprint density at radius 1 is 1.09 bits per heavy atom. The first-order valence-corrected chi connectivity index (χ1v) is 14.5. The Hall–Kier alpha value is -5.41. The van der Waals surface area contributed by atoms with Crippen LogP contribution < -0.4 is 16.2 Å². The monoisotopic (exact) mass is 653 g/mol. The summed E-state index contributed by atoms with van der Waals surface area (Å²) in [6.07, 6.45) is -3.77. The van der Waals surface area contributed by atoms with E-state index in [2.05, 4.69) is 35.5 Å². The fraction of sp³-hybridized carbons (Fsp3) is 0.355. The number of rotatable bonds is 10. The van der Waals surface area contributed by atoms with Gasteiger partial charge in [-0.25, -0.2) is 9.78 Å². The van der Waals surface area contributed by atoms with Crippen LogP contribution in [0.25, 0.3) is 11.4 Å². The number of anilines is 1. The summed E-state index contributed by atoms with van der Waals surface area (Å²) >= 11 is 0. The molecular weight excluding hydrogens is 623 g/mol. The Labute approximate surface area is 265 Å². The van der Waals surface area contributed by atoms with Gasteiger partial charge in [0.1, 0.15) is 18.1 Å². The van der Waals surface area contributed by atoms with Gasteiger partial charge in [-0.1, -0.05) is 44.2 Å². The number of hydrogen-bond donors (Lipinski definition) is 2. The van der Waals surface area contributed by atoms with Gasteiger partial charge in [0.2, 0.25) is 17.6 Å². The van der Waals surface area contributed by atoms with Gasteiger partial charge in [0.25, 0.3) is 11.4 Å². The molecule has 246 valence electrons. The Balaban J connectivity index is 1.39. The summed E-state index contributed by atoms with van der Waals surface area (Å²) in [5.74, 6) is -2.11. The maximum absolute atomic E-state index is 13.5. The summed E-state index contributed by atoms with van der Waals surface area (Å²) in [5.41, 5.74) is -1.71. The Bertz CT molecular complexity index is 1870. The van der Waals surface area contributed by atoms with Crippen LogP contribution in [0.5, 0.6) is 0 Å². The Morgan fingerprint density at radius 3 is 2.36 bits per heavy atom. The molecule has 1 aliphatic rings. The zero-order chi connectivity index (χ0) is 34.1. The first kappa shape index (κ1) is 33.0. The topological polar surface area (TPSA) is 171 Å². The number of aromatic nitrogens is 5. The first-order chi connectivity index (χ1) is 22.2. The molecule has 0 unspecified atom stereocenters. The van der Waals surface area contributed by atoms with Crippen molar-refractivity contribution in [3.05, 3.63) is 87.7 Å². The van der Waals surface area contributed by atoms with Crippen LogP contribution in [0.1, 0.15) is 60.2 Å². The number of pyridine rings is 1. The summed E-state index contributed by atoms with van der Waals surface area (Å²) in [6, 6.07) is 9.63. The van der Waals surface area contributed by atoms with Crippen LogP contribution in [0.2, 0.25) is 0 Å². The quantitative estimate of drug-likeness (QED) is 0.235. The molecule has 0 bridgehead atoms. The van der Waals surface area contributed by atoms with Crippen molar-refractivity contribution < 1.29 is 36.7 Å². The number of Topliss-reactive ketones (excluding diaryl/α,β-unsaturated/α-hetero) is 1. The smallest absolute Gasteiger partial charge is 0.417 e. The van der Waals surface area contributed by atoms with Gasteiger partial charge in [0, 0.05) is 11.8 Å². The second kappa shape index (κ2) is 12.8. The number of nitrogens with zero attached hydrogens (tertiary/aromatic N) is 5. The van der Waals surface area contributed by atoms with Crippen molar-refractivity contribution in [1.29, 1.82) is 0 Å². The number of ether oxygens (including phenoxy) is 1. The van der Waals surface area contributed by atoms with Gasteiger partial charge in [0.15, 0.2) is 0 Å². The molecule has 1 aromatic carbocycles. The SMILES string of the molecule is COC(=O)Nc1c(C)nc(-c2ccccc2)n(CC(=O)N[C@@H](C(=O)c2nnc(C3(c4ccc(C(F)(F)F)cn4)CC3)o2)C(C)C)c1=O.